The number of ether oxygens (including phenoxy) is 2. The summed E-state index contributed by atoms with van der Waals surface area (Å²) in [6.07, 6.45) is 2.69. The molecule has 0 aliphatic carbocycles. The largest absolute Gasteiger partial charge is 0.493 e. The van der Waals surface area contributed by atoms with Crippen LogP contribution in [0.1, 0.15) is 35.9 Å². The van der Waals surface area contributed by atoms with Gasteiger partial charge in [-0.15, -0.1) is 0 Å². The monoisotopic (exact) mass is 427 g/mol. The molecule has 4 rings (SSSR count). The topological polar surface area (TPSA) is 44.5 Å². The van der Waals surface area contributed by atoms with Crippen molar-refractivity contribution >= 4 is 0 Å². The molecule has 0 aliphatic heterocycles. The maximum absolute atomic E-state index is 6.09. The predicted molar refractivity (Wildman–Crippen MR) is 127 cm³/mol. The summed E-state index contributed by atoms with van der Waals surface area (Å²) in [5.74, 6) is 3.26. The average molecular weight is 428 g/mol. The molecule has 1 aromatic heterocycles. The Morgan fingerprint density at radius 3 is 2.34 bits per heavy atom. The first-order chi connectivity index (χ1) is 15.7. The van der Waals surface area contributed by atoms with Crippen LogP contribution in [0.2, 0.25) is 0 Å². The van der Waals surface area contributed by atoms with Crippen LogP contribution in [-0.4, -0.2) is 11.6 Å². The fraction of sp³-hybridized carbons (Fsp3) is 0.250. The molecule has 4 aromatic rings. The van der Waals surface area contributed by atoms with E-state index in [0.29, 0.717) is 25.5 Å². The Bertz CT molecular complexity index is 1120. The van der Waals surface area contributed by atoms with Crippen LogP contribution in [0, 0.1) is 6.92 Å². The molecule has 32 heavy (non-hydrogen) atoms. The van der Waals surface area contributed by atoms with E-state index in [0.717, 1.165) is 46.9 Å². The molecule has 0 amide bonds. The van der Waals surface area contributed by atoms with E-state index in [-0.39, 0.29) is 0 Å². The molecule has 164 valence electrons. The Labute approximate surface area is 189 Å². The number of rotatable bonds is 10. The second-order valence-corrected chi connectivity index (χ2v) is 7.78. The number of aryl methyl sites for hydroxylation is 2. The maximum atomic E-state index is 6.09. The zero-order valence-corrected chi connectivity index (χ0v) is 18.7. The second-order valence-electron chi connectivity index (χ2n) is 7.78. The molecule has 1 heterocycles. The van der Waals surface area contributed by atoms with Gasteiger partial charge in [0.2, 0.25) is 5.89 Å². The van der Waals surface area contributed by atoms with Crippen molar-refractivity contribution in [2.24, 2.45) is 0 Å². The van der Waals surface area contributed by atoms with Crippen LogP contribution in [0.15, 0.2) is 83.3 Å². The number of nitrogens with zero attached hydrogens (tertiary/aromatic N) is 1. The van der Waals surface area contributed by atoms with Crippen molar-refractivity contribution in [1.82, 2.24) is 4.98 Å². The summed E-state index contributed by atoms with van der Waals surface area (Å²) in [4.78, 5) is 4.66. The van der Waals surface area contributed by atoms with Crippen molar-refractivity contribution in [1.29, 1.82) is 0 Å². The SMILES string of the molecule is CCCc1cc(OCCc2nc(-c3ccccc3)oc2C)ccc1OCc1ccccc1. The second kappa shape index (κ2) is 10.7. The Balaban J connectivity index is 1.37. The first kappa shape index (κ1) is 21.7. The smallest absolute Gasteiger partial charge is 0.226 e. The quantitative estimate of drug-likeness (QED) is 0.279. The molecule has 0 radical (unpaired) electrons. The molecule has 4 heteroatoms. The minimum absolute atomic E-state index is 0.539. The van der Waals surface area contributed by atoms with Crippen molar-refractivity contribution in [3.63, 3.8) is 0 Å². The lowest BCUT2D eigenvalue weighted by molar-refractivity contribution is 0.298. The lowest BCUT2D eigenvalue weighted by Crippen LogP contribution is -2.04. The van der Waals surface area contributed by atoms with Crippen LogP contribution in [0.4, 0.5) is 0 Å². The lowest BCUT2D eigenvalue weighted by Gasteiger charge is -2.13. The van der Waals surface area contributed by atoms with Crippen LogP contribution in [-0.2, 0) is 19.4 Å². The number of benzene rings is 3. The van der Waals surface area contributed by atoms with Gasteiger partial charge in [0.25, 0.3) is 0 Å². The third kappa shape index (κ3) is 5.58. The van der Waals surface area contributed by atoms with Crippen LogP contribution in [0.25, 0.3) is 11.5 Å². The number of hydrogen-bond donors (Lipinski definition) is 0. The molecule has 0 saturated heterocycles. The van der Waals surface area contributed by atoms with Gasteiger partial charge in [0, 0.05) is 12.0 Å². The molecule has 0 N–H and O–H groups in total. The van der Waals surface area contributed by atoms with Crippen molar-refractivity contribution < 1.29 is 13.9 Å². The molecule has 0 aliphatic rings. The Morgan fingerprint density at radius 1 is 0.844 bits per heavy atom. The molecule has 0 bridgehead atoms. The van der Waals surface area contributed by atoms with Gasteiger partial charge in [0.05, 0.1) is 12.3 Å². The molecule has 0 saturated carbocycles. The normalized spacial score (nSPS) is 10.8. The van der Waals surface area contributed by atoms with Gasteiger partial charge >= 0.3 is 0 Å². The summed E-state index contributed by atoms with van der Waals surface area (Å²) in [5, 5.41) is 0. The minimum atomic E-state index is 0.539. The molecular weight excluding hydrogens is 398 g/mol. The van der Waals surface area contributed by atoms with Gasteiger partial charge in [-0.05, 0) is 54.8 Å². The van der Waals surface area contributed by atoms with Gasteiger partial charge in [-0.1, -0.05) is 61.9 Å². The molecular formula is C28H29NO3. The summed E-state index contributed by atoms with van der Waals surface area (Å²) < 4.78 is 18.0. The highest BCUT2D eigenvalue weighted by Crippen LogP contribution is 2.27. The van der Waals surface area contributed by atoms with Crippen LogP contribution < -0.4 is 9.47 Å². The third-order valence-corrected chi connectivity index (χ3v) is 5.31. The van der Waals surface area contributed by atoms with Crippen molar-refractivity contribution in [3.05, 3.63) is 101 Å². The summed E-state index contributed by atoms with van der Waals surface area (Å²) >= 11 is 0. The zero-order valence-electron chi connectivity index (χ0n) is 18.7. The maximum Gasteiger partial charge on any atom is 0.226 e. The van der Waals surface area contributed by atoms with E-state index in [1.807, 2.05) is 67.6 Å². The fourth-order valence-electron chi connectivity index (χ4n) is 3.62. The van der Waals surface area contributed by atoms with Crippen molar-refractivity contribution in [2.45, 2.75) is 39.7 Å². The van der Waals surface area contributed by atoms with Crippen LogP contribution in [0.5, 0.6) is 11.5 Å². The number of aromatic nitrogens is 1. The molecule has 4 nitrogen and oxygen atoms in total. The first-order valence-corrected chi connectivity index (χ1v) is 11.2. The number of oxazole rings is 1. The van der Waals surface area contributed by atoms with Gasteiger partial charge in [-0.3, -0.25) is 0 Å². The molecule has 0 atom stereocenters. The summed E-state index contributed by atoms with van der Waals surface area (Å²) in [6, 6.07) is 26.3. The molecule has 3 aromatic carbocycles. The highest BCUT2D eigenvalue weighted by molar-refractivity contribution is 5.53. The van der Waals surface area contributed by atoms with E-state index in [1.165, 1.54) is 5.56 Å². The van der Waals surface area contributed by atoms with Gasteiger partial charge in [0.15, 0.2) is 0 Å². The zero-order chi connectivity index (χ0) is 22.2. The molecule has 0 fully saturated rings. The Kier molecular flexibility index (Phi) is 7.23. The standard InChI is InChI=1S/C28H29NO3/c1-3-10-24-19-25(15-16-27(24)31-20-22-11-6-4-7-12-22)30-18-17-26-21(2)32-28(29-26)23-13-8-5-9-14-23/h4-9,11-16,19H,3,10,17-18,20H2,1-2H3. The Hall–Kier alpha value is -3.53. The third-order valence-electron chi connectivity index (χ3n) is 5.31. The van der Waals surface area contributed by atoms with Crippen molar-refractivity contribution in [2.75, 3.05) is 6.61 Å². The summed E-state index contributed by atoms with van der Waals surface area (Å²) in [7, 11) is 0. The molecule has 0 unspecified atom stereocenters. The fourth-order valence-corrected chi connectivity index (χ4v) is 3.62. The van der Waals surface area contributed by atoms with Gasteiger partial charge < -0.3 is 13.9 Å². The minimum Gasteiger partial charge on any atom is -0.493 e. The molecule has 0 spiro atoms. The van der Waals surface area contributed by atoms with E-state index >= 15 is 0 Å². The summed E-state index contributed by atoms with van der Waals surface area (Å²) in [5.41, 5.74) is 4.25. The van der Waals surface area contributed by atoms with E-state index in [4.69, 9.17) is 13.9 Å². The summed E-state index contributed by atoms with van der Waals surface area (Å²) in [6.45, 7) is 5.23. The van der Waals surface area contributed by atoms with Crippen LogP contribution in [0.3, 0.4) is 0 Å². The predicted octanol–water partition coefficient (Wildman–Crippen LogP) is 6.80. The van der Waals surface area contributed by atoms with E-state index in [9.17, 15) is 0 Å². The lowest BCUT2D eigenvalue weighted by atomic mass is 10.1. The number of hydrogen-bond acceptors (Lipinski definition) is 4. The van der Waals surface area contributed by atoms with E-state index in [2.05, 4.69) is 30.1 Å². The van der Waals surface area contributed by atoms with Gasteiger partial charge in [-0.2, -0.15) is 0 Å². The van der Waals surface area contributed by atoms with Crippen LogP contribution >= 0.6 is 0 Å². The van der Waals surface area contributed by atoms with Gasteiger partial charge in [0.1, 0.15) is 23.9 Å². The first-order valence-electron chi connectivity index (χ1n) is 11.2. The van der Waals surface area contributed by atoms with Crippen molar-refractivity contribution in [3.8, 4) is 23.0 Å². The van der Waals surface area contributed by atoms with E-state index < -0.39 is 0 Å². The highest BCUT2D eigenvalue weighted by Gasteiger charge is 2.12. The van der Waals surface area contributed by atoms with Gasteiger partial charge in [-0.25, -0.2) is 4.98 Å². The van der Waals surface area contributed by atoms with E-state index in [1.54, 1.807) is 0 Å². The highest BCUT2D eigenvalue weighted by atomic mass is 16.5. The Morgan fingerprint density at radius 2 is 1.59 bits per heavy atom. The average Bonchev–Trinajstić information content (AvgIpc) is 3.20.